The summed E-state index contributed by atoms with van der Waals surface area (Å²) in [5.41, 5.74) is 0. The van der Waals surface area contributed by atoms with Crippen LogP contribution in [0, 0.1) is 0 Å². The molecule has 1 rings (SSSR count). The first kappa shape index (κ1) is 16.0. The Morgan fingerprint density at radius 1 is 1.31 bits per heavy atom. The molecule has 0 aliphatic rings. The molecule has 0 amide bonds. The van der Waals surface area contributed by atoms with Crippen molar-refractivity contribution < 1.29 is 21.5 Å². The molecule has 0 unspecified atom stereocenters. The normalized spacial score (nSPS) is 10.4. The van der Waals surface area contributed by atoms with Crippen LogP contribution in [-0.2, 0) is 8.53 Å². The Labute approximate surface area is 118 Å². The van der Waals surface area contributed by atoms with E-state index < -0.39 is 14.2 Å². The molecule has 0 fully saturated rings. The molecule has 0 saturated carbocycles. The first-order valence-electron chi connectivity index (χ1n) is 4.18. The standard InChI is InChI=1S/C9H11AsO5.Na/c1-7(11)6-15-9-4-2-8(3-5-9)10(12,13)14;/h2-5H,6H2,1H3,(H2,12,13,14);. The zero-order valence-corrected chi connectivity index (χ0v) is 13.0. The molecular weight excluding hydrogens is 286 g/mol. The SMILES string of the molecule is CC(=O)COc1ccc([As](=O)(O)O)cc1.[Na]. The van der Waals surface area contributed by atoms with Gasteiger partial charge in [0.25, 0.3) is 0 Å². The van der Waals surface area contributed by atoms with E-state index in [1.54, 1.807) is 0 Å². The summed E-state index contributed by atoms with van der Waals surface area (Å²) < 4.78 is 33.6. The van der Waals surface area contributed by atoms with Crippen LogP contribution in [0.2, 0.25) is 0 Å². The Kier molecular flexibility index (Phi) is 6.63. The van der Waals surface area contributed by atoms with E-state index in [1.807, 2.05) is 0 Å². The number of ketones is 1. The van der Waals surface area contributed by atoms with E-state index in [-0.39, 0.29) is 46.3 Å². The fourth-order valence-electron chi connectivity index (χ4n) is 0.922. The fourth-order valence-corrected chi connectivity index (χ4v) is 2.05. The summed E-state index contributed by atoms with van der Waals surface area (Å²) in [7, 11) is 0. The van der Waals surface area contributed by atoms with Gasteiger partial charge in [-0.3, -0.25) is 0 Å². The van der Waals surface area contributed by atoms with Crippen LogP contribution in [0.1, 0.15) is 6.92 Å². The van der Waals surface area contributed by atoms with Crippen LogP contribution < -0.4 is 9.09 Å². The van der Waals surface area contributed by atoms with Crippen molar-refractivity contribution in [1.82, 2.24) is 0 Å². The van der Waals surface area contributed by atoms with Gasteiger partial charge in [-0.05, 0) is 0 Å². The molecule has 0 saturated heterocycles. The van der Waals surface area contributed by atoms with E-state index >= 15 is 0 Å². The average molecular weight is 297 g/mol. The topological polar surface area (TPSA) is 83.8 Å². The Balaban J connectivity index is 0.00000225. The van der Waals surface area contributed by atoms with Gasteiger partial charge in [0.2, 0.25) is 0 Å². The second-order valence-corrected chi connectivity index (χ2v) is 6.39. The Morgan fingerprint density at radius 2 is 1.81 bits per heavy atom. The third kappa shape index (κ3) is 5.34. The van der Waals surface area contributed by atoms with Crippen molar-refractivity contribution in [2.75, 3.05) is 6.61 Å². The largest absolute Gasteiger partial charge is 0 e. The summed E-state index contributed by atoms with van der Waals surface area (Å²) in [6, 6.07) is 5.46. The van der Waals surface area contributed by atoms with Gasteiger partial charge in [-0.2, -0.15) is 0 Å². The van der Waals surface area contributed by atoms with Gasteiger partial charge in [-0.15, -0.1) is 0 Å². The summed E-state index contributed by atoms with van der Waals surface area (Å²) in [5.74, 6) is 0.302. The fraction of sp³-hybridized carbons (Fsp3) is 0.222. The number of rotatable bonds is 4. The molecule has 0 heterocycles. The number of carbonyl (C=O) groups excluding carboxylic acids is 1. The predicted molar refractivity (Wildman–Crippen MR) is 58.9 cm³/mol. The second-order valence-electron chi connectivity index (χ2n) is 3.03. The second kappa shape index (κ2) is 6.64. The van der Waals surface area contributed by atoms with E-state index in [0.717, 1.165) is 0 Å². The van der Waals surface area contributed by atoms with Crippen molar-refractivity contribution in [1.29, 1.82) is 0 Å². The van der Waals surface area contributed by atoms with Crippen molar-refractivity contribution in [2.45, 2.75) is 6.92 Å². The minimum absolute atomic E-state index is 0. The maximum Gasteiger partial charge on any atom is 0 e. The molecular formula is C9H11AsNaO5. The van der Waals surface area contributed by atoms with Crippen LogP contribution in [0.15, 0.2) is 24.3 Å². The van der Waals surface area contributed by atoms with Gasteiger partial charge in [0.15, 0.2) is 0 Å². The van der Waals surface area contributed by atoms with E-state index in [0.29, 0.717) is 5.75 Å². The predicted octanol–water partition coefficient (Wildman–Crippen LogP) is -1.17. The van der Waals surface area contributed by atoms with E-state index in [1.165, 1.54) is 31.2 Å². The molecule has 5 nitrogen and oxygen atoms in total. The van der Waals surface area contributed by atoms with E-state index in [9.17, 15) is 8.53 Å². The van der Waals surface area contributed by atoms with Crippen molar-refractivity contribution in [3.8, 4) is 5.75 Å². The van der Waals surface area contributed by atoms with Crippen LogP contribution in [-0.4, -0.2) is 64.3 Å². The molecule has 1 aromatic rings. The monoisotopic (exact) mass is 297 g/mol. The van der Waals surface area contributed by atoms with Gasteiger partial charge in [-0.25, -0.2) is 0 Å². The van der Waals surface area contributed by atoms with Crippen molar-refractivity contribution >= 4 is 53.9 Å². The molecule has 1 aromatic carbocycles. The molecule has 0 spiro atoms. The molecule has 0 aliphatic carbocycles. The van der Waals surface area contributed by atoms with Gasteiger partial charge >= 0.3 is 89.3 Å². The number of benzene rings is 1. The maximum absolute atomic E-state index is 10.9. The summed E-state index contributed by atoms with van der Waals surface area (Å²) in [6.07, 6.45) is 0. The van der Waals surface area contributed by atoms with Crippen LogP contribution in [0.5, 0.6) is 5.75 Å². The average Bonchev–Trinajstić information content (AvgIpc) is 2.14. The number of hydrogen-bond acceptors (Lipinski definition) is 3. The van der Waals surface area contributed by atoms with Gasteiger partial charge in [-0.1, -0.05) is 0 Å². The maximum atomic E-state index is 10.9. The molecule has 0 aliphatic heterocycles. The first-order valence-corrected chi connectivity index (χ1v) is 7.56. The smallest absolute Gasteiger partial charge is 0 e. The minimum Gasteiger partial charge on any atom is 0 e. The first-order chi connectivity index (χ1) is 6.89. The van der Waals surface area contributed by atoms with Gasteiger partial charge < -0.3 is 0 Å². The molecule has 1 radical (unpaired) electrons. The van der Waals surface area contributed by atoms with Crippen LogP contribution in [0.3, 0.4) is 0 Å². The van der Waals surface area contributed by atoms with E-state index in [2.05, 4.69) is 0 Å². The molecule has 0 bridgehead atoms. The van der Waals surface area contributed by atoms with Crippen molar-refractivity contribution in [3.63, 3.8) is 0 Å². The summed E-state index contributed by atoms with van der Waals surface area (Å²) in [5, 5.41) is 0. The zero-order valence-electron chi connectivity index (χ0n) is 9.08. The van der Waals surface area contributed by atoms with Gasteiger partial charge in [0.05, 0.1) is 0 Å². The number of ether oxygens (including phenoxy) is 1. The molecule has 0 atom stereocenters. The molecule has 2 N–H and O–H groups in total. The molecule has 83 valence electrons. The summed E-state index contributed by atoms with van der Waals surface area (Å²) in [6.45, 7) is 1.35. The third-order valence-corrected chi connectivity index (χ3v) is 3.65. The summed E-state index contributed by atoms with van der Waals surface area (Å²) >= 11 is -4.80. The van der Waals surface area contributed by atoms with Gasteiger partial charge in [0.1, 0.15) is 0 Å². The van der Waals surface area contributed by atoms with Crippen molar-refractivity contribution in [3.05, 3.63) is 24.3 Å². The summed E-state index contributed by atoms with van der Waals surface area (Å²) in [4.78, 5) is 10.6. The van der Waals surface area contributed by atoms with Crippen molar-refractivity contribution in [2.24, 2.45) is 0 Å². The quantitative estimate of drug-likeness (QED) is 0.685. The Bertz CT molecular complexity index is 397. The van der Waals surface area contributed by atoms with Crippen LogP contribution in [0.25, 0.3) is 0 Å². The Morgan fingerprint density at radius 3 is 2.19 bits per heavy atom. The molecule has 16 heavy (non-hydrogen) atoms. The molecule has 0 aromatic heterocycles. The van der Waals surface area contributed by atoms with Gasteiger partial charge in [0, 0.05) is 29.6 Å². The number of carbonyl (C=O) groups is 1. The third-order valence-electron chi connectivity index (χ3n) is 1.62. The Hall–Kier alpha value is -0.0316. The van der Waals surface area contributed by atoms with E-state index in [4.69, 9.17) is 12.9 Å². The number of Topliss-reactive ketones (excluding diaryl/α,β-unsaturated/α-hetero) is 1. The van der Waals surface area contributed by atoms with Crippen LogP contribution in [0.4, 0.5) is 0 Å². The zero-order chi connectivity index (χ0) is 11.5. The number of hydrogen-bond donors (Lipinski definition) is 2. The minimum atomic E-state index is -4.80. The van der Waals surface area contributed by atoms with Crippen LogP contribution >= 0.6 is 0 Å². The molecule has 7 heteroatoms.